The zero-order chi connectivity index (χ0) is 31.1. The highest BCUT2D eigenvalue weighted by Gasteiger charge is 2.33. The second-order valence-corrected chi connectivity index (χ2v) is 10.5. The molecule has 0 aliphatic carbocycles. The maximum Gasteiger partial charge on any atom is 0.247 e. The summed E-state index contributed by atoms with van der Waals surface area (Å²) < 4.78 is 23.5. The topological polar surface area (TPSA) is 137 Å². The number of nitrogens with one attached hydrogen (secondary N) is 1. The Morgan fingerprint density at radius 3 is 2.59 bits per heavy atom. The minimum Gasteiger partial charge on any atom is -0.504 e. The van der Waals surface area contributed by atoms with E-state index in [1.165, 1.54) is 22.8 Å². The van der Waals surface area contributed by atoms with E-state index in [-0.39, 0.29) is 42.5 Å². The van der Waals surface area contributed by atoms with Gasteiger partial charge in [0.2, 0.25) is 11.8 Å². The number of hydrogen-bond donors (Lipinski definition) is 2. The van der Waals surface area contributed by atoms with E-state index in [1.807, 2.05) is 36.4 Å². The van der Waals surface area contributed by atoms with E-state index in [4.69, 9.17) is 18.9 Å². The highest BCUT2D eigenvalue weighted by molar-refractivity contribution is 5.89. The summed E-state index contributed by atoms with van der Waals surface area (Å²) in [6.07, 6.45) is 2.10. The Morgan fingerprint density at radius 2 is 1.84 bits per heavy atom. The molecule has 1 aliphatic rings. The van der Waals surface area contributed by atoms with E-state index in [2.05, 4.69) is 15.6 Å². The van der Waals surface area contributed by atoms with Gasteiger partial charge in [-0.05, 0) is 66.8 Å². The molecule has 2 amide bonds. The first-order chi connectivity index (χ1) is 21.4. The third-order valence-electron chi connectivity index (χ3n) is 7.72. The number of aromatic nitrogens is 3. The van der Waals surface area contributed by atoms with Gasteiger partial charge in [0.15, 0.2) is 23.0 Å². The van der Waals surface area contributed by atoms with Gasteiger partial charge < -0.3 is 34.3 Å². The first kappa shape index (κ1) is 30.6. The third-order valence-corrected chi connectivity index (χ3v) is 7.72. The summed E-state index contributed by atoms with van der Waals surface area (Å²) >= 11 is 0. The average molecular weight is 604 g/mol. The summed E-state index contributed by atoms with van der Waals surface area (Å²) in [6, 6.07) is 16.5. The molecule has 0 unspecified atom stereocenters. The number of phenols is 1. The van der Waals surface area contributed by atoms with Gasteiger partial charge in [0.25, 0.3) is 0 Å². The number of methoxy groups -OCH3 is 3. The lowest BCUT2D eigenvalue weighted by Crippen LogP contribution is -2.47. The van der Waals surface area contributed by atoms with Crippen molar-refractivity contribution in [3.8, 4) is 23.0 Å². The van der Waals surface area contributed by atoms with Gasteiger partial charge in [-0.3, -0.25) is 9.59 Å². The quantitative estimate of drug-likeness (QED) is 0.236. The van der Waals surface area contributed by atoms with Crippen molar-refractivity contribution < 1.29 is 33.6 Å². The van der Waals surface area contributed by atoms with Gasteiger partial charge in [0, 0.05) is 19.7 Å². The molecule has 5 rings (SSSR count). The van der Waals surface area contributed by atoms with Crippen molar-refractivity contribution in [2.75, 3.05) is 41.0 Å². The molecule has 2 N–H and O–H groups in total. The number of carbonyl (C=O) groups excluding carboxylic acids is 2. The first-order valence-corrected chi connectivity index (χ1v) is 14.5. The van der Waals surface area contributed by atoms with E-state index in [0.717, 1.165) is 18.4 Å². The highest BCUT2D eigenvalue weighted by Crippen LogP contribution is 2.33. The lowest BCUT2D eigenvalue weighted by atomic mass is 10.0. The molecule has 44 heavy (non-hydrogen) atoms. The van der Waals surface area contributed by atoms with E-state index in [0.29, 0.717) is 47.7 Å². The average Bonchev–Trinajstić information content (AvgIpc) is 3.72. The standard InChI is InChI=1S/C32H37N5O7/c1-41-27-13-10-21(17-29(27)43-3)14-15-36(30(39)20-37-25-9-5-4-8-24(25)34-35-37)31(22-11-12-26(38)28(18-22)42-2)32(40)33-19-23-7-6-16-44-23/h4-5,8-13,17-18,23,31,38H,6-7,14-16,19-20H2,1-3H3,(H,33,40)/t23-,31+/m0/s1. The fourth-order valence-corrected chi connectivity index (χ4v) is 5.39. The summed E-state index contributed by atoms with van der Waals surface area (Å²) in [5.41, 5.74) is 2.72. The van der Waals surface area contributed by atoms with Crippen LogP contribution in [-0.4, -0.2) is 83.9 Å². The second kappa shape index (κ2) is 14.1. The molecule has 0 spiro atoms. The van der Waals surface area contributed by atoms with E-state index >= 15 is 0 Å². The van der Waals surface area contributed by atoms with Crippen LogP contribution in [0.4, 0.5) is 0 Å². The summed E-state index contributed by atoms with van der Waals surface area (Å²) in [5, 5.41) is 21.7. The van der Waals surface area contributed by atoms with Crippen molar-refractivity contribution in [2.24, 2.45) is 0 Å². The number of benzene rings is 3. The van der Waals surface area contributed by atoms with Crippen molar-refractivity contribution in [1.82, 2.24) is 25.2 Å². The molecular formula is C32H37N5O7. The van der Waals surface area contributed by atoms with Crippen LogP contribution in [0, 0.1) is 0 Å². The number of aromatic hydroxyl groups is 1. The fraction of sp³-hybridized carbons (Fsp3) is 0.375. The minimum absolute atomic E-state index is 0.0768. The number of ether oxygens (including phenoxy) is 4. The zero-order valence-corrected chi connectivity index (χ0v) is 25.1. The number of hydrogen-bond acceptors (Lipinski definition) is 9. The van der Waals surface area contributed by atoms with E-state index in [9.17, 15) is 14.7 Å². The molecule has 3 aromatic carbocycles. The third kappa shape index (κ3) is 6.86. The van der Waals surface area contributed by atoms with Gasteiger partial charge in [-0.2, -0.15) is 0 Å². The number of para-hydroxylation sites is 1. The summed E-state index contributed by atoms with van der Waals surface area (Å²) in [6.45, 7) is 1.01. The molecule has 1 aromatic heterocycles. The Balaban J connectivity index is 1.51. The largest absolute Gasteiger partial charge is 0.504 e. The molecule has 1 saturated heterocycles. The molecule has 4 aromatic rings. The van der Waals surface area contributed by atoms with Gasteiger partial charge in [-0.15, -0.1) is 5.10 Å². The number of carbonyl (C=O) groups is 2. The Bertz CT molecular complexity index is 1600. The Morgan fingerprint density at radius 1 is 1.05 bits per heavy atom. The Labute approximate surface area is 255 Å². The van der Waals surface area contributed by atoms with Gasteiger partial charge >= 0.3 is 0 Å². The predicted octanol–water partition coefficient (Wildman–Crippen LogP) is 3.27. The van der Waals surface area contributed by atoms with Gasteiger partial charge in [-0.1, -0.05) is 29.5 Å². The van der Waals surface area contributed by atoms with E-state index < -0.39 is 6.04 Å². The normalized spacial score (nSPS) is 15.1. The van der Waals surface area contributed by atoms with Crippen LogP contribution >= 0.6 is 0 Å². The zero-order valence-electron chi connectivity index (χ0n) is 25.1. The molecular weight excluding hydrogens is 566 g/mol. The molecule has 0 radical (unpaired) electrons. The molecule has 2 atom stereocenters. The first-order valence-electron chi connectivity index (χ1n) is 14.5. The fourth-order valence-electron chi connectivity index (χ4n) is 5.39. The second-order valence-electron chi connectivity index (χ2n) is 10.5. The molecule has 0 bridgehead atoms. The molecule has 1 aliphatic heterocycles. The van der Waals surface area contributed by atoms with Crippen LogP contribution < -0.4 is 19.5 Å². The smallest absolute Gasteiger partial charge is 0.247 e. The van der Waals surface area contributed by atoms with Gasteiger partial charge in [0.05, 0.1) is 33.0 Å². The molecule has 2 heterocycles. The van der Waals surface area contributed by atoms with Crippen molar-refractivity contribution in [1.29, 1.82) is 0 Å². The van der Waals surface area contributed by atoms with Gasteiger partial charge in [0.1, 0.15) is 18.1 Å². The number of amides is 2. The van der Waals surface area contributed by atoms with E-state index in [1.54, 1.807) is 32.4 Å². The van der Waals surface area contributed by atoms with Crippen LogP contribution in [0.2, 0.25) is 0 Å². The number of rotatable bonds is 13. The lowest BCUT2D eigenvalue weighted by Gasteiger charge is -2.32. The monoisotopic (exact) mass is 603 g/mol. The van der Waals surface area contributed by atoms with Crippen LogP contribution in [0.15, 0.2) is 60.7 Å². The highest BCUT2D eigenvalue weighted by atomic mass is 16.5. The van der Waals surface area contributed by atoms with Crippen LogP contribution in [-0.2, 0) is 27.3 Å². The molecule has 12 nitrogen and oxygen atoms in total. The number of nitrogens with zero attached hydrogens (tertiary/aromatic N) is 4. The summed E-state index contributed by atoms with van der Waals surface area (Å²) in [7, 11) is 4.56. The van der Waals surface area contributed by atoms with Crippen molar-refractivity contribution >= 4 is 22.8 Å². The lowest BCUT2D eigenvalue weighted by molar-refractivity contribution is -0.141. The Hall–Kier alpha value is -4.84. The van der Waals surface area contributed by atoms with Crippen LogP contribution in [0.3, 0.4) is 0 Å². The number of phenolic OH excluding ortho intramolecular Hbond substituents is 1. The molecule has 12 heteroatoms. The SMILES string of the molecule is COc1cc([C@H](C(=O)NC[C@@H]2CCCO2)N(CCc2ccc(OC)c(OC)c2)C(=O)Cn2nnc3ccccc32)ccc1O. The maximum atomic E-state index is 14.2. The summed E-state index contributed by atoms with van der Waals surface area (Å²) in [5.74, 6) is 0.541. The number of fused-ring (bicyclic) bond motifs is 1. The van der Waals surface area contributed by atoms with Crippen molar-refractivity contribution in [3.63, 3.8) is 0 Å². The minimum atomic E-state index is -1.05. The van der Waals surface area contributed by atoms with Crippen LogP contribution in [0.1, 0.15) is 30.0 Å². The van der Waals surface area contributed by atoms with Crippen LogP contribution in [0.5, 0.6) is 23.0 Å². The summed E-state index contributed by atoms with van der Waals surface area (Å²) in [4.78, 5) is 29.7. The molecule has 1 fully saturated rings. The molecule has 232 valence electrons. The van der Waals surface area contributed by atoms with Gasteiger partial charge in [-0.25, -0.2) is 4.68 Å². The molecule has 0 saturated carbocycles. The Kier molecular flexibility index (Phi) is 9.80. The predicted molar refractivity (Wildman–Crippen MR) is 162 cm³/mol. The van der Waals surface area contributed by atoms with Crippen LogP contribution in [0.25, 0.3) is 11.0 Å². The maximum absolute atomic E-state index is 14.2. The van der Waals surface area contributed by atoms with Crippen molar-refractivity contribution in [3.05, 3.63) is 71.8 Å². The van der Waals surface area contributed by atoms with Crippen molar-refractivity contribution in [2.45, 2.75) is 38.0 Å².